The summed E-state index contributed by atoms with van der Waals surface area (Å²) in [6.45, 7) is 4.99. The molecule has 32 heavy (non-hydrogen) atoms. The summed E-state index contributed by atoms with van der Waals surface area (Å²) < 4.78 is 11.5. The fraction of sp³-hybridized carbons (Fsp3) is 0.200. The predicted molar refractivity (Wildman–Crippen MR) is 129 cm³/mol. The van der Waals surface area contributed by atoms with Crippen molar-refractivity contribution in [2.24, 2.45) is 0 Å². The van der Waals surface area contributed by atoms with Crippen LogP contribution in [0.2, 0.25) is 5.02 Å². The molecule has 164 valence electrons. The van der Waals surface area contributed by atoms with Crippen LogP contribution in [0.3, 0.4) is 0 Å². The lowest BCUT2D eigenvalue weighted by Gasteiger charge is -2.14. The Morgan fingerprint density at radius 3 is 2.50 bits per heavy atom. The molecule has 0 bridgehead atoms. The molecule has 1 fully saturated rings. The van der Waals surface area contributed by atoms with Gasteiger partial charge in [0.05, 0.1) is 24.7 Å². The first-order valence-electron chi connectivity index (χ1n) is 10.3. The number of carbonyl (C=O) groups is 2. The molecule has 5 nitrogen and oxygen atoms in total. The molecule has 0 N–H and O–H groups in total. The van der Waals surface area contributed by atoms with Crippen molar-refractivity contribution in [2.45, 2.75) is 20.4 Å². The number of nitrogens with zero attached hydrogens (tertiary/aromatic N) is 1. The molecule has 7 heteroatoms. The Kier molecular flexibility index (Phi) is 6.72. The Morgan fingerprint density at radius 1 is 1.00 bits per heavy atom. The van der Waals surface area contributed by atoms with E-state index in [0.717, 1.165) is 39.4 Å². The van der Waals surface area contributed by atoms with E-state index in [2.05, 4.69) is 0 Å². The third kappa shape index (κ3) is 4.47. The minimum absolute atomic E-state index is 0.129. The van der Waals surface area contributed by atoms with Crippen LogP contribution in [0, 0.1) is 0 Å². The Balaban J connectivity index is 1.75. The molecule has 0 saturated carbocycles. The molecule has 4 rings (SSSR count). The Hall–Kier alpha value is -2.96. The fourth-order valence-corrected chi connectivity index (χ4v) is 4.57. The van der Waals surface area contributed by atoms with E-state index < -0.39 is 0 Å². The van der Waals surface area contributed by atoms with Gasteiger partial charge in [-0.05, 0) is 72.3 Å². The maximum atomic E-state index is 13.1. The number of hydrogen-bond donors (Lipinski definition) is 0. The summed E-state index contributed by atoms with van der Waals surface area (Å²) >= 11 is 7.15. The van der Waals surface area contributed by atoms with Crippen LogP contribution in [-0.4, -0.2) is 29.3 Å². The lowest BCUT2D eigenvalue weighted by Crippen LogP contribution is -2.27. The highest BCUT2D eigenvalue weighted by atomic mass is 35.5. The van der Waals surface area contributed by atoms with Crippen LogP contribution < -0.4 is 9.47 Å². The number of hydrogen-bond acceptors (Lipinski definition) is 5. The largest absolute Gasteiger partial charge is 0.494 e. The maximum Gasteiger partial charge on any atom is 0.293 e. The summed E-state index contributed by atoms with van der Waals surface area (Å²) in [5.41, 5.74) is 1.47. The van der Waals surface area contributed by atoms with E-state index in [1.54, 1.807) is 12.1 Å². The highest BCUT2D eigenvalue weighted by Crippen LogP contribution is 2.38. The summed E-state index contributed by atoms with van der Waals surface area (Å²) in [6, 6.07) is 16.9. The number of benzene rings is 3. The van der Waals surface area contributed by atoms with Gasteiger partial charge in [-0.1, -0.05) is 41.9 Å². The van der Waals surface area contributed by atoms with Crippen LogP contribution in [0.5, 0.6) is 11.5 Å². The average molecular weight is 468 g/mol. The number of rotatable bonds is 7. The van der Waals surface area contributed by atoms with Crippen molar-refractivity contribution in [1.29, 1.82) is 0 Å². The van der Waals surface area contributed by atoms with Gasteiger partial charge in [-0.3, -0.25) is 14.5 Å². The van der Waals surface area contributed by atoms with Gasteiger partial charge in [-0.25, -0.2) is 0 Å². The van der Waals surface area contributed by atoms with Gasteiger partial charge in [0.1, 0.15) is 11.5 Å². The number of amides is 2. The van der Waals surface area contributed by atoms with E-state index in [1.165, 1.54) is 4.90 Å². The van der Waals surface area contributed by atoms with Crippen molar-refractivity contribution in [3.05, 3.63) is 75.7 Å². The molecule has 0 aromatic heterocycles. The van der Waals surface area contributed by atoms with Crippen molar-refractivity contribution in [3.63, 3.8) is 0 Å². The van der Waals surface area contributed by atoms with Gasteiger partial charge in [-0.2, -0.15) is 0 Å². The van der Waals surface area contributed by atoms with E-state index >= 15 is 0 Å². The maximum absolute atomic E-state index is 13.1. The van der Waals surface area contributed by atoms with Gasteiger partial charge in [0.2, 0.25) is 0 Å². The highest BCUT2D eigenvalue weighted by Gasteiger charge is 2.35. The standard InChI is InChI=1S/C25H22ClNO4S/c1-3-30-18-11-9-16-10-12-22(31-4-2)20(19(16)13-18)14-23-24(28)27(25(29)32-23)15-17-7-5-6-8-21(17)26/h5-14H,3-4,15H2,1-2H3/b23-14-. The molecule has 3 aromatic carbocycles. The Morgan fingerprint density at radius 2 is 1.75 bits per heavy atom. The molecule has 0 radical (unpaired) electrons. The number of fused-ring (bicyclic) bond motifs is 1. The van der Waals surface area contributed by atoms with Crippen LogP contribution in [0.25, 0.3) is 16.8 Å². The lowest BCUT2D eigenvalue weighted by molar-refractivity contribution is -0.123. The first kappa shape index (κ1) is 22.2. The summed E-state index contributed by atoms with van der Waals surface area (Å²) in [7, 11) is 0. The number of ether oxygens (including phenoxy) is 2. The highest BCUT2D eigenvalue weighted by molar-refractivity contribution is 8.18. The quantitative estimate of drug-likeness (QED) is 0.370. The number of thioether (sulfide) groups is 1. The van der Waals surface area contributed by atoms with Gasteiger partial charge in [0.15, 0.2) is 0 Å². The number of halogens is 1. The zero-order valence-electron chi connectivity index (χ0n) is 17.8. The molecule has 1 saturated heterocycles. The van der Waals surface area contributed by atoms with Crippen molar-refractivity contribution in [1.82, 2.24) is 4.90 Å². The van der Waals surface area contributed by atoms with E-state index in [9.17, 15) is 9.59 Å². The van der Waals surface area contributed by atoms with E-state index in [0.29, 0.717) is 28.9 Å². The van der Waals surface area contributed by atoms with Gasteiger partial charge < -0.3 is 9.47 Å². The van der Waals surface area contributed by atoms with Crippen molar-refractivity contribution in [2.75, 3.05) is 13.2 Å². The van der Waals surface area contributed by atoms with Crippen molar-refractivity contribution >= 4 is 51.4 Å². The zero-order valence-corrected chi connectivity index (χ0v) is 19.3. The summed E-state index contributed by atoms with van der Waals surface area (Å²) in [4.78, 5) is 27.3. The van der Waals surface area contributed by atoms with E-state index in [4.69, 9.17) is 21.1 Å². The number of imide groups is 1. The minimum atomic E-state index is -0.347. The Labute approximate surface area is 195 Å². The molecular weight excluding hydrogens is 446 g/mol. The first-order chi connectivity index (χ1) is 15.5. The average Bonchev–Trinajstić information content (AvgIpc) is 3.04. The van der Waals surface area contributed by atoms with Gasteiger partial charge in [0.25, 0.3) is 11.1 Å². The molecule has 0 unspecified atom stereocenters. The second kappa shape index (κ2) is 9.67. The van der Waals surface area contributed by atoms with Gasteiger partial charge >= 0.3 is 0 Å². The summed E-state index contributed by atoms with van der Waals surface area (Å²) in [5.74, 6) is 1.03. The van der Waals surface area contributed by atoms with E-state index in [1.807, 2.05) is 62.4 Å². The SMILES string of the molecule is CCOc1ccc2ccc(OCC)c(/C=C3\SC(=O)N(Cc4ccccc4Cl)C3=O)c2c1. The van der Waals surface area contributed by atoms with Gasteiger partial charge in [0, 0.05) is 10.6 Å². The summed E-state index contributed by atoms with van der Waals surface area (Å²) in [5, 5.41) is 2.07. The fourth-order valence-electron chi connectivity index (χ4n) is 3.55. The lowest BCUT2D eigenvalue weighted by atomic mass is 10.0. The van der Waals surface area contributed by atoms with Crippen LogP contribution >= 0.6 is 23.4 Å². The summed E-state index contributed by atoms with van der Waals surface area (Å²) in [6.07, 6.45) is 1.74. The van der Waals surface area contributed by atoms with Crippen molar-refractivity contribution in [3.8, 4) is 11.5 Å². The van der Waals surface area contributed by atoms with Gasteiger partial charge in [-0.15, -0.1) is 0 Å². The minimum Gasteiger partial charge on any atom is -0.494 e. The molecular formula is C25H22ClNO4S. The third-order valence-electron chi connectivity index (χ3n) is 5.04. The molecule has 3 aromatic rings. The normalized spacial score (nSPS) is 15.1. The first-order valence-corrected chi connectivity index (χ1v) is 11.5. The molecule has 1 heterocycles. The smallest absolute Gasteiger partial charge is 0.293 e. The zero-order chi connectivity index (χ0) is 22.7. The molecule has 0 aliphatic carbocycles. The molecule has 2 amide bonds. The third-order valence-corrected chi connectivity index (χ3v) is 6.32. The Bertz CT molecular complexity index is 1220. The van der Waals surface area contributed by atoms with E-state index in [-0.39, 0.29) is 17.7 Å². The van der Waals surface area contributed by atoms with Crippen LogP contribution in [-0.2, 0) is 11.3 Å². The molecule has 0 atom stereocenters. The number of carbonyl (C=O) groups excluding carboxylic acids is 2. The topological polar surface area (TPSA) is 55.8 Å². The molecule has 0 spiro atoms. The van der Waals surface area contributed by atoms with Crippen LogP contribution in [0.15, 0.2) is 59.5 Å². The molecule has 1 aliphatic rings. The monoisotopic (exact) mass is 467 g/mol. The van der Waals surface area contributed by atoms with Crippen molar-refractivity contribution < 1.29 is 19.1 Å². The predicted octanol–water partition coefficient (Wildman–Crippen LogP) is 6.53. The second-order valence-corrected chi connectivity index (χ2v) is 8.49. The van der Waals surface area contributed by atoms with Crippen LogP contribution in [0.1, 0.15) is 25.0 Å². The second-order valence-electron chi connectivity index (χ2n) is 7.09. The van der Waals surface area contributed by atoms with Crippen LogP contribution in [0.4, 0.5) is 4.79 Å². The molecule has 1 aliphatic heterocycles.